The van der Waals surface area contributed by atoms with Crippen LogP contribution < -0.4 is 5.32 Å². The average Bonchev–Trinajstić information content (AvgIpc) is 2.59. The third-order valence-electron chi connectivity index (χ3n) is 4.39. The Morgan fingerprint density at radius 1 is 1.24 bits per heavy atom. The van der Waals surface area contributed by atoms with Crippen LogP contribution in [0.3, 0.4) is 0 Å². The molecule has 1 aromatic heterocycles. The summed E-state index contributed by atoms with van der Waals surface area (Å²) in [6.45, 7) is 3.11. The Balaban J connectivity index is 1.75. The number of carbonyl (C=O) groups is 1. The molecule has 0 saturated heterocycles. The van der Waals surface area contributed by atoms with Gasteiger partial charge in [0.2, 0.25) is 10.0 Å². The lowest BCUT2D eigenvalue weighted by Gasteiger charge is -2.27. The van der Waals surface area contributed by atoms with Crippen LogP contribution in [0.25, 0.3) is 0 Å². The van der Waals surface area contributed by atoms with Crippen LogP contribution in [0.4, 0.5) is 0 Å². The normalized spacial score (nSPS) is 14.8. The molecular weight excluding hydrogens is 338 g/mol. The van der Waals surface area contributed by atoms with Gasteiger partial charge >= 0.3 is 0 Å². The molecule has 1 N–H and O–H groups in total. The second kappa shape index (κ2) is 6.93. The Morgan fingerprint density at radius 2 is 1.96 bits per heavy atom. The highest BCUT2D eigenvalue weighted by molar-refractivity contribution is 7.88. The molecule has 1 amide bonds. The monoisotopic (exact) mass is 359 g/mol. The Hall–Kier alpha value is -2.25. The minimum atomic E-state index is -3.25. The fourth-order valence-corrected chi connectivity index (χ4v) is 3.73. The number of benzene rings is 1. The summed E-state index contributed by atoms with van der Waals surface area (Å²) in [5.41, 5.74) is 4.40. The second-order valence-corrected chi connectivity index (χ2v) is 8.32. The van der Waals surface area contributed by atoms with E-state index < -0.39 is 10.0 Å². The van der Waals surface area contributed by atoms with Gasteiger partial charge in [0.15, 0.2) is 0 Å². The van der Waals surface area contributed by atoms with Crippen LogP contribution in [0.1, 0.15) is 32.6 Å². The zero-order valence-electron chi connectivity index (χ0n) is 14.3. The van der Waals surface area contributed by atoms with Gasteiger partial charge in [-0.05, 0) is 30.0 Å². The van der Waals surface area contributed by atoms with E-state index in [2.05, 4.69) is 10.3 Å². The van der Waals surface area contributed by atoms with Crippen LogP contribution in [-0.2, 0) is 29.5 Å². The van der Waals surface area contributed by atoms with Crippen LogP contribution >= 0.6 is 0 Å². The van der Waals surface area contributed by atoms with Crippen molar-refractivity contribution in [1.29, 1.82) is 0 Å². The number of aryl methyl sites for hydroxylation is 1. The molecule has 7 heteroatoms. The van der Waals surface area contributed by atoms with E-state index in [0.717, 1.165) is 16.7 Å². The van der Waals surface area contributed by atoms with Gasteiger partial charge in [-0.15, -0.1) is 0 Å². The molecule has 0 radical (unpaired) electrons. The van der Waals surface area contributed by atoms with Crippen molar-refractivity contribution >= 4 is 15.9 Å². The first-order chi connectivity index (χ1) is 11.8. The highest BCUT2D eigenvalue weighted by atomic mass is 32.2. The molecule has 1 aromatic carbocycles. The Labute approximate surface area is 147 Å². The van der Waals surface area contributed by atoms with Crippen LogP contribution in [0, 0.1) is 6.92 Å². The first kappa shape index (κ1) is 17.6. The predicted octanol–water partition coefficient (Wildman–Crippen LogP) is 1.64. The van der Waals surface area contributed by atoms with Crippen molar-refractivity contribution in [3.63, 3.8) is 0 Å². The molecule has 1 aliphatic rings. The summed E-state index contributed by atoms with van der Waals surface area (Å²) in [5, 5.41) is 2.92. The number of aromatic nitrogens is 1. The van der Waals surface area contributed by atoms with Gasteiger partial charge in [-0.1, -0.05) is 29.8 Å². The first-order valence-corrected chi connectivity index (χ1v) is 9.94. The summed E-state index contributed by atoms with van der Waals surface area (Å²) < 4.78 is 24.9. The molecule has 0 unspecified atom stereocenters. The SMILES string of the molecule is Cc1ccc(CNC(=O)c2cncc3c2CCN(S(C)(=O)=O)C3)cc1. The van der Waals surface area contributed by atoms with Crippen molar-refractivity contribution < 1.29 is 13.2 Å². The lowest BCUT2D eigenvalue weighted by atomic mass is 9.98. The number of fused-ring (bicyclic) bond motifs is 1. The second-order valence-electron chi connectivity index (χ2n) is 6.34. The molecule has 0 atom stereocenters. The Kier molecular flexibility index (Phi) is 4.87. The van der Waals surface area contributed by atoms with Gasteiger partial charge in [-0.25, -0.2) is 8.42 Å². The van der Waals surface area contributed by atoms with Gasteiger partial charge in [-0.3, -0.25) is 9.78 Å². The number of nitrogens with zero attached hydrogens (tertiary/aromatic N) is 2. The zero-order valence-corrected chi connectivity index (χ0v) is 15.1. The third-order valence-corrected chi connectivity index (χ3v) is 5.64. The van der Waals surface area contributed by atoms with Crippen molar-refractivity contribution in [1.82, 2.24) is 14.6 Å². The van der Waals surface area contributed by atoms with Crippen molar-refractivity contribution in [2.45, 2.75) is 26.4 Å². The standard InChI is InChI=1S/C18H21N3O3S/c1-13-3-5-14(6-4-13)9-20-18(22)17-11-19-10-15-12-21(25(2,23)24)8-7-16(15)17/h3-6,10-11H,7-9,12H2,1-2H3,(H,20,22). The summed E-state index contributed by atoms with van der Waals surface area (Å²) in [7, 11) is -3.25. The number of sulfonamides is 1. The first-order valence-electron chi connectivity index (χ1n) is 8.09. The summed E-state index contributed by atoms with van der Waals surface area (Å²) in [4.78, 5) is 16.7. The van der Waals surface area contributed by atoms with E-state index >= 15 is 0 Å². The van der Waals surface area contributed by atoms with Gasteiger partial charge in [0.05, 0.1) is 11.8 Å². The lowest BCUT2D eigenvalue weighted by molar-refractivity contribution is 0.0949. The maximum Gasteiger partial charge on any atom is 0.253 e. The van der Waals surface area contributed by atoms with Crippen LogP contribution in [-0.4, -0.2) is 36.4 Å². The third kappa shape index (κ3) is 4.05. The minimum Gasteiger partial charge on any atom is -0.348 e. The fraction of sp³-hybridized carbons (Fsp3) is 0.333. The molecule has 2 heterocycles. The predicted molar refractivity (Wildman–Crippen MR) is 95.5 cm³/mol. The highest BCUT2D eigenvalue weighted by Crippen LogP contribution is 2.23. The quantitative estimate of drug-likeness (QED) is 0.900. The average molecular weight is 359 g/mol. The van der Waals surface area contributed by atoms with E-state index in [1.165, 1.54) is 16.1 Å². The molecule has 0 bridgehead atoms. The molecule has 0 spiro atoms. The van der Waals surface area contributed by atoms with Gasteiger partial charge in [0.25, 0.3) is 5.91 Å². The van der Waals surface area contributed by atoms with Crippen molar-refractivity contribution in [2.24, 2.45) is 0 Å². The minimum absolute atomic E-state index is 0.183. The molecule has 132 valence electrons. The van der Waals surface area contributed by atoms with Gasteiger partial charge in [0, 0.05) is 32.0 Å². The molecule has 6 nitrogen and oxygen atoms in total. The maximum absolute atomic E-state index is 12.6. The van der Waals surface area contributed by atoms with Crippen molar-refractivity contribution in [2.75, 3.05) is 12.8 Å². The Bertz CT molecular complexity index is 892. The number of hydrogen-bond acceptors (Lipinski definition) is 4. The number of amides is 1. The number of hydrogen-bond donors (Lipinski definition) is 1. The molecule has 25 heavy (non-hydrogen) atoms. The largest absolute Gasteiger partial charge is 0.348 e. The van der Waals surface area contributed by atoms with E-state index in [1.807, 2.05) is 31.2 Å². The topological polar surface area (TPSA) is 79.4 Å². The maximum atomic E-state index is 12.6. The van der Waals surface area contributed by atoms with E-state index in [1.54, 1.807) is 12.4 Å². The van der Waals surface area contributed by atoms with Crippen molar-refractivity contribution in [3.05, 3.63) is 64.5 Å². The number of pyridine rings is 1. The zero-order chi connectivity index (χ0) is 18.0. The number of nitrogens with one attached hydrogen (secondary N) is 1. The van der Waals surface area contributed by atoms with E-state index in [0.29, 0.717) is 25.1 Å². The molecular formula is C18H21N3O3S. The molecule has 0 aliphatic carbocycles. The van der Waals surface area contributed by atoms with Crippen LogP contribution in [0.5, 0.6) is 0 Å². The van der Waals surface area contributed by atoms with E-state index in [4.69, 9.17) is 0 Å². The van der Waals surface area contributed by atoms with Gasteiger partial charge in [-0.2, -0.15) is 4.31 Å². The number of rotatable bonds is 4. The fourth-order valence-electron chi connectivity index (χ4n) is 2.93. The smallest absolute Gasteiger partial charge is 0.253 e. The van der Waals surface area contributed by atoms with Gasteiger partial charge in [0.1, 0.15) is 0 Å². The molecule has 2 aromatic rings. The van der Waals surface area contributed by atoms with Crippen molar-refractivity contribution in [3.8, 4) is 0 Å². The van der Waals surface area contributed by atoms with Gasteiger partial charge < -0.3 is 5.32 Å². The molecule has 1 aliphatic heterocycles. The lowest BCUT2D eigenvalue weighted by Crippen LogP contribution is -2.36. The summed E-state index contributed by atoms with van der Waals surface area (Å²) >= 11 is 0. The Morgan fingerprint density at radius 3 is 2.64 bits per heavy atom. The summed E-state index contributed by atoms with van der Waals surface area (Å²) in [6, 6.07) is 7.98. The molecule has 0 fully saturated rings. The van der Waals surface area contributed by atoms with Crippen LogP contribution in [0.15, 0.2) is 36.7 Å². The number of carbonyl (C=O) groups excluding carboxylic acids is 1. The van der Waals surface area contributed by atoms with Crippen LogP contribution in [0.2, 0.25) is 0 Å². The molecule has 0 saturated carbocycles. The van der Waals surface area contributed by atoms with E-state index in [-0.39, 0.29) is 12.5 Å². The summed E-state index contributed by atoms with van der Waals surface area (Å²) in [5.74, 6) is -0.183. The molecule has 3 rings (SSSR count). The highest BCUT2D eigenvalue weighted by Gasteiger charge is 2.26. The van der Waals surface area contributed by atoms with E-state index in [9.17, 15) is 13.2 Å². The summed E-state index contributed by atoms with van der Waals surface area (Å²) in [6.07, 6.45) is 4.91.